The number of rotatable bonds is 31. The number of pyridine rings is 1. The third kappa shape index (κ3) is 20.0. The largest absolute Gasteiger partial charge is 0.374 e. The maximum Gasteiger partial charge on any atom is 0.286 e. The molecule has 4 unspecified atom stereocenters. The summed E-state index contributed by atoms with van der Waals surface area (Å²) in [5.41, 5.74) is 5.31. The smallest absolute Gasteiger partial charge is 0.286 e. The summed E-state index contributed by atoms with van der Waals surface area (Å²) in [6, 6.07) is 19.4. The molecule has 2 amide bonds. The van der Waals surface area contributed by atoms with Gasteiger partial charge in [-0.15, -0.1) is 0 Å². The van der Waals surface area contributed by atoms with Crippen molar-refractivity contribution in [1.29, 1.82) is 0 Å². The number of carbonyl (C=O) groups excluding carboxylic acids is 2. The molecule has 2 aromatic carbocycles. The fraction of sp³-hybridized carbons (Fsp3) is 0.440. The van der Waals surface area contributed by atoms with Crippen LogP contribution in [0.5, 0.6) is 0 Å². The van der Waals surface area contributed by atoms with Gasteiger partial charge in [-0.1, -0.05) is 136 Å². The summed E-state index contributed by atoms with van der Waals surface area (Å²) in [6.45, 7) is 13.2. The number of allylic oxidation sites excluding steroid dienone is 4. The highest BCUT2D eigenvalue weighted by Crippen LogP contribution is 2.25. The Kier molecular flexibility index (Phi) is 26.2. The number of aromatic nitrogens is 1. The number of nitrogens with zero attached hydrogens (tertiary/aromatic N) is 4. The van der Waals surface area contributed by atoms with Gasteiger partial charge in [0.2, 0.25) is 12.5 Å². The number of hydrogen-bond acceptors (Lipinski definition) is 11. The standard InChI is InChI=1S/C50H70N6O6S2/c1-6-11-47(59)55(48(60)12-7-2)43-23-19-40(20-24-43)16-15-39(10-5)27-30-51-37-45(57)52-31-35-63-64-36-32-53-46(58)38-54-33-28-42(29-34-54)18-17-41-21-25-44(26-22-41)56(49(61)13-8-3)50(62)14-9-4/h10,15-30,33-34,47-50,59-62H,5-9,11-14,31-32,35-38H2,1-4H3,(H-,52,53,57,58)/p+1/b16-15+,39-27+,51-30+. The summed E-state index contributed by atoms with van der Waals surface area (Å²) in [5, 5.41) is 48.5. The monoisotopic (exact) mass is 915 g/mol. The topological polar surface area (TPSA) is 162 Å². The van der Waals surface area contributed by atoms with Gasteiger partial charge in [0.15, 0.2) is 12.4 Å². The molecular formula is C50H71N6O6S2+. The number of hydrogen-bond donors (Lipinski definition) is 6. The fourth-order valence-corrected chi connectivity index (χ4v) is 8.40. The molecule has 0 spiro atoms. The molecule has 6 N–H and O–H groups in total. The van der Waals surface area contributed by atoms with Crippen LogP contribution in [0.15, 0.2) is 108 Å². The van der Waals surface area contributed by atoms with E-state index in [-0.39, 0.29) is 24.9 Å². The number of benzene rings is 2. The lowest BCUT2D eigenvalue weighted by Gasteiger charge is -2.34. The molecule has 3 rings (SSSR count). The predicted molar refractivity (Wildman–Crippen MR) is 269 cm³/mol. The summed E-state index contributed by atoms with van der Waals surface area (Å²) < 4.78 is 1.83. The fourth-order valence-electron chi connectivity index (χ4n) is 6.59. The maximum absolute atomic E-state index is 12.5. The van der Waals surface area contributed by atoms with E-state index in [1.54, 1.807) is 49.8 Å². The van der Waals surface area contributed by atoms with E-state index in [0.29, 0.717) is 38.8 Å². The minimum absolute atomic E-state index is 0.0176. The lowest BCUT2D eigenvalue weighted by molar-refractivity contribution is -0.684. The van der Waals surface area contributed by atoms with Crippen molar-refractivity contribution in [1.82, 2.24) is 10.6 Å². The molecule has 0 aliphatic carbocycles. The zero-order chi connectivity index (χ0) is 46.5. The van der Waals surface area contributed by atoms with Crippen LogP contribution in [0.2, 0.25) is 0 Å². The molecule has 4 atom stereocenters. The van der Waals surface area contributed by atoms with Gasteiger partial charge in [-0.2, -0.15) is 4.57 Å². The Morgan fingerprint density at radius 2 is 1.08 bits per heavy atom. The molecule has 0 aliphatic heterocycles. The third-order valence-electron chi connectivity index (χ3n) is 9.98. The molecule has 3 aromatic rings. The molecule has 0 saturated heterocycles. The molecule has 0 aliphatic rings. The van der Waals surface area contributed by atoms with E-state index in [1.807, 2.05) is 130 Å². The van der Waals surface area contributed by atoms with Crippen molar-refractivity contribution in [3.63, 3.8) is 0 Å². The van der Waals surface area contributed by atoms with Gasteiger partial charge in [0.05, 0.1) is 0 Å². The molecule has 0 radical (unpaired) electrons. The van der Waals surface area contributed by atoms with Gasteiger partial charge in [-0.3, -0.25) is 14.6 Å². The van der Waals surface area contributed by atoms with Crippen molar-refractivity contribution in [2.24, 2.45) is 4.99 Å². The average molecular weight is 916 g/mol. The number of anilines is 2. The van der Waals surface area contributed by atoms with Crippen LogP contribution in [0.3, 0.4) is 0 Å². The van der Waals surface area contributed by atoms with E-state index in [4.69, 9.17) is 0 Å². The maximum atomic E-state index is 12.5. The first-order valence-corrected chi connectivity index (χ1v) is 25.0. The summed E-state index contributed by atoms with van der Waals surface area (Å²) in [4.78, 5) is 32.4. The zero-order valence-corrected chi connectivity index (χ0v) is 39.7. The van der Waals surface area contributed by atoms with E-state index < -0.39 is 24.9 Å². The first-order chi connectivity index (χ1) is 31.0. The Morgan fingerprint density at radius 1 is 0.656 bits per heavy atom. The summed E-state index contributed by atoms with van der Waals surface area (Å²) in [7, 11) is 3.28. The highest BCUT2D eigenvalue weighted by atomic mass is 33.1. The van der Waals surface area contributed by atoms with Gasteiger partial charge in [-0.05, 0) is 78.3 Å². The molecule has 0 bridgehead atoms. The second kappa shape index (κ2) is 31.2. The minimum atomic E-state index is -0.754. The second-order valence-electron chi connectivity index (χ2n) is 15.2. The van der Waals surface area contributed by atoms with Crippen LogP contribution in [0.4, 0.5) is 11.4 Å². The summed E-state index contributed by atoms with van der Waals surface area (Å²) >= 11 is 0. The van der Waals surface area contributed by atoms with Crippen molar-refractivity contribution in [3.05, 3.63) is 120 Å². The Bertz CT molecular complexity index is 1900. The van der Waals surface area contributed by atoms with Gasteiger partial charge in [0, 0.05) is 54.3 Å². The first-order valence-electron chi connectivity index (χ1n) is 22.5. The average Bonchev–Trinajstić information content (AvgIpc) is 3.28. The van der Waals surface area contributed by atoms with Gasteiger partial charge in [-0.25, -0.2) is 0 Å². The van der Waals surface area contributed by atoms with Crippen LogP contribution in [-0.4, -0.2) is 94.5 Å². The molecule has 0 fully saturated rings. The van der Waals surface area contributed by atoms with Gasteiger partial charge < -0.3 is 40.9 Å². The predicted octanol–water partition coefficient (Wildman–Crippen LogP) is 7.74. The van der Waals surface area contributed by atoms with E-state index in [2.05, 4.69) is 22.2 Å². The van der Waals surface area contributed by atoms with Crippen LogP contribution < -0.4 is 25.0 Å². The number of carbonyl (C=O) groups is 2. The van der Waals surface area contributed by atoms with Crippen molar-refractivity contribution in [3.8, 4) is 0 Å². The number of aliphatic imine (C=N–C) groups is 1. The molecule has 348 valence electrons. The lowest BCUT2D eigenvalue weighted by atomic mass is 10.1. The van der Waals surface area contributed by atoms with E-state index in [9.17, 15) is 30.0 Å². The highest BCUT2D eigenvalue weighted by molar-refractivity contribution is 8.76. The first kappa shape index (κ1) is 53.6. The molecular weight excluding hydrogens is 845 g/mol. The van der Waals surface area contributed by atoms with Crippen molar-refractivity contribution < 1.29 is 34.6 Å². The molecule has 0 saturated carbocycles. The quantitative estimate of drug-likeness (QED) is 0.00941. The number of nitrogens with one attached hydrogen (secondary N) is 2. The van der Waals surface area contributed by atoms with Gasteiger partial charge in [0.1, 0.15) is 31.5 Å². The summed E-state index contributed by atoms with van der Waals surface area (Å²) in [5.74, 6) is 1.23. The Labute approximate surface area is 389 Å². The Hall–Kier alpha value is -4.70. The highest BCUT2D eigenvalue weighted by Gasteiger charge is 2.23. The Balaban J connectivity index is 1.30. The lowest BCUT2D eigenvalue weighted by Crippen LogP contribution is -2.43. The SMILES string of the molecule is C=CC(/C=C/c1ccc(N(C(O)CCC)C(O)CCC)cc1)=C\C=N\CC(=O)NCCSSCCNC(=O)C[n+]1ccc(/C=C/c2ccc(N(C(O)CCC)C(O)CCC)cc2)cc1. The van der Waals surface area contributed by atoms with Crippen LogP contribution in [0.25, 0.3) is 18.2 Å². The molecule has 1 heterocycles. The number of aliphatic hydroxyl groups is 4. The van der Waals surface area contributed by atoms with E-state index >= 15 is 0 Å². The van der Waals surface area contributed by atoms with Crippen LogP contribution in [0, 0.1) is 0 Å². The second-order valence-corrected chi connectivity index (χ2v) is 18.0. The van der Waals surface area contributed by atoms with Crippen LogP contribution >= 0.6 is 21.6 Å². The van der Waals surface area contributed by atoms with E-state index in [0.717, 1.165) is 70.8 Å². The number of aliphatic hydroxyl groups excluding tert-OH is 4. The van der Waals surface area contributed by atoms with Crippen LogP contribution in [-0.2, 0) is 16.1 Å². The zero-order valence-electron chi connectivity index (χ0n) is 38.1. The molecule has 1 aromatic heterocycles. The normalized spacial score (nSPS) is 13.8. The third-order valence-corrected chi connectivity index (χ3v) is 12.4. The summed E-state index contributed by atoms with van der Waals surface area (Å²) in [6.07, 6.45) is 19.3. The van der Waals surface area contributed by atoms with Crippen molar-refractivity contribution in [2.75, 3.05) is 40.9 Å². The van der Waals surface area contributed by atoms with Crippen LogP contribution in [0.1, 0.15) is 95.8 Å². The van der Waals surface area contributed by atoms with Gasteiger partial charge in [0.25, 0.3) is 5.91 Å². The van der Waals surface area contributed by atoms with Crippen molar-refractivity contribution >= 4 is 69.2 Å². The molecule has 64 heavy (non-hydrogen) atoms. The van der Waals surface area contributed by atoms with E-state index in [1.165, 1.54) is 0 Å². The molecule has 12 nitrogen and oxygen atoms in total. The molecule has 14 heteroatoms. The van der Waals surface area contributed by atoms with Crippen molar-refractivity contribution in [2.45, 2.75) is 111 Å². The van der Waals surface area contributed by atoms with Gasteiger partial charge >= 0.3 is 0 Å². The Morgan fingerprint density at radius 3 is 1.52 bits per heavy atom. The number of amides is 2. The minimum Gasteiger partial charge on any atom is -0.374 e.